The molecule has 0 radical (unpaired) electrons. The van der Waals surface area contributed by atoms with E-state index in [1.54, 1.807) is 6.07 Å². The number of nitrogens with one attached hydrogen (secondary N) is 2. The Bertz CT molecular complexity index is 623. The van der Waals surface area contributed by atoms with Gasteiger partial charge in [0.05, 0.1) is 11.3 Å². The summed E-state index contributed by atoms with van der Waals surface area (Å²) in [4.78, 5) is 4.39. The molecular weight excluding hydrogens is 253 g/mol. The maximum absolute atomic E-state index is 14.2. The second-order valence-electron chi connectivity index (χ2n) is 4.66. The van der Waals surface area contributed by atoms with Crippen LogP contribution in [0.3, 0.4) is 0 Å². The molecule has 1 aliphatic rings. The maximum Gasteiger partial charge on any atom is 0.136 e. The van der Waals surface area contributed by atoms with Crippen molar-refractivity contribution in [2.24, 2.45) is 4.99 Å². The Morgan fingerprint density at radius 1 is 1.05 bits per heavy atom. The van der Waals surface area contributed by atoms with Crippen LogP contribution in [0.1, 0.15) is 12.0 Å². The molecule has 0 amide bonds. The van der Waals surface area contributed by atoms with Crippen LogP contribution in [0.4, 0.5) is 15.8 Å². The quantitative estimate of drug-likeness (QED) is 0.897. The molecule has 102 valence electrons. The van der Waals surface area contributed by atoms with Crippen LogP contribution in [-0.4, -0.2) is 18.9 Å². The van der Waals surface area contributed by atoms with Crippen molar-refractivity contribution >= 4 is 17.2 Å². The van der Waals surface area contributed by atoms with Crippen LogP contribution < -0.4 is 10.6 Å². The lowest BCUT2D eigenvalue weighted by atomic mass is 10.1. The van der Waals surface area contributed by atoms with E-state index in [1.165, 1.54) is 6.07 Å². The molecule has 0 atom stereocenters. The highest BCUT2D eigenvalue weighted by Gasteiger charge is 2.16. The first-order valence-corrected chi connectivity index (χ1v) is 6.74. The predicted octanol–water partition coefficient (Wildman–Crippen LogP) is 3.31. The minimum absolute atomic E-state index is 0.265. The van der Waals surface area contributed by atoms with Crippen molar-refractivity contribution in [2.75, 3.05) is 18.4 Å². The summed E-state index contributed by atoms with van der Waals surface area (Å²) in [5.74, 6) is 0.367. The van der Waals surface area contributed by atoms with Gasteiger partial charge in [-0.3, -0.25) is 4.99 Å². The molecule has 0 bridgehead atoms. The molecule has 0 aliphatic carbocycles. The van der Waals surface area contributed by atoms with Crippen molar-refractivity contribution in [3.63, 3.8) is 0 Å². The van der Waals surface area contributed by atoms with Gasteiger partial charge in [-0.25, -0.2) is 4.39 Å². The summed E-state index contributed by atoms with van der Waals surface area (Å²) in [5.41, 5.74) is 2.16. The van der Waals surface area contributed by atoms with Crippen molar-refractivity contribution in [1.82, 2.24) is 5.32 Å². The molecule has 2 N–H and O–H groups in total. The normalized spacial score (nSPS) is 14.3. The summed E-state index contributed by atoms with van der Waals surface area (Å²) in [5, 5.41) is 6.42. The number of aliphatic imine (C=N–C) groups is 1. The summed E-state index contributed by atoms with van der Waals surface area (Å²) in [6, 6.07) is 14.8. The van der Waals surface area contributed by atoms with E-state index in [1.807, 2.05) is 36.4 Å². The standard InChI is InChI=1S/C16H16FN3/c17-13-8-4-9-14(20-12-6-2-1-3-7-12)15(13)16-18-10-5-11-19-16/h1-4,6-9,20H,5,10-11H2,(H,18,19). The summed E-state index contributed by atoms with van der Waals surface area (Å²) in [6.45, 7) is 1.57. The van der Waals surface area contributed by atoms with Crippen LogP contribution in [0.25, 0.3) is 0 Å². The van der Waals surface area contributed by atoms with Crippen LogP contribution in [0.2, 0.25) is 0 Å². The molecule has 0 saturated heterocycles. The van der Waals surface area contributed by atoms with Crippen molar-refractivity contribution in [1.29, 1.82) is 0 Å². The Balaban J connectivity index is 1.98. The highest BCUT2D eigenvalue weighted by molar-refractivity contribution is 6.04. The molecule has 3 nitrogen and oxygen atoms in total. The highest BCUT2D eigenvalue weighted by Crippen LogP contribution is 2.24. The van der Waals surface area contributed by atoms with Gasteiger partial charge in [0.15, 0.2) is 0 Å². The van der Waals surface area contributed by atoms with E-state index in [-0.39, 0.29) is 5.82 Å². The molecule has 1 aliphatic heterocycles. The molecule has 0 saturated carbocycles. The number of amidine groups is 1. The van der Waals surface area contributed by atoms with Crippen molar-refractivity contribution in [2.45, 2.75) is 6.42 Å². The topological polar surface area (TPSA) is 36.4 Å². The third-order valence-corrected chi connectivity index (χ3v) is 3.20. The van der Waals surface area contributed by atoms with Crippen LogP contribution in [-0.2, 0) is 0 Å². The Hall–Kier alpha value is -2.36. The Kier molecular flexibility index (Phi) is 3.63. The summed E-state index contributed by atoms with van der Waals surface area (Å²) < 4.78 is 14.2. The van der Waals surface area contributed by atoms with E-state index < -0.39 is 0 Å². The van der Waals surface area contributed by atoms with Gasteiger partial charge in [0.25, 0.3) is 0 Å². The molecular formula is C16H16FN3. The second kappa shape index (κ2) is 5.74. The lowest BCUT2D eigenvalue weighted by molar-refractivity contribution is 0.622. The molecule has 0 aromatic heterocycles. The fourth-order valence-electron chi connectivity index (χ4n) is 2.25. The average molecular weight is 269 g/mol. The Labute approximate surface area is 117 Å². The van der Waals surface area contributed by atoms with Gasteiger partial charge in [-0.2, -0.15) is 0 Å². The zero-order valence-electron chi connectivity index (χ0n) is 11.1. The second-order valence-corrected chi connectivity index (χ2v) is 4.66. The van der Waals surface area contributed by atoms with Gasteiger partial charge in [0.1, 0.15) is 11.7 Å². The first kappa shape index (κ1) is 12.7. The number of rotatable bonds is 3. The molecule has 20 heavy (non-hydrogen) atoms. The molecule has 3 rings (SSSR count). The molecule has 0 fully saturated rings. The van der Waals surface area contributed by atoms with Crippen molar-refractivity contribution < 1.29 is 4.39 Å². The predicted molar refractivity (Wildman–Crippen MR) is 80.1 cm³/mol. The van der Waals surface area contributed by atoms with Crippen LogP contribution in [0.5, 0.6) is 0 Å². The molecule has 0 unspecified atom stereocenters. The van der Waals surface area contributed by atoms with E-state index in [4.69, 9.17) is 0 Å². The number of hydrogen-bond acceptors (Lipinski definition) is 3. The average Bonchev–Trinajstić information content (AvgIpc) is 2.49. The number of halogens is 1. The van der Waals surface area contributed by atoms with Gasteiger partial charge in [-0.1, -0.05) is 24.3 Å². The van der Waals surface area contributed by atoms with Crippen LogP contribution in [0, 0.1) is 5.82 Å². The van der Waals surface area contributed by atoms with Crippen molar-refractivity contribution in [3.8, 4) is 0 Å². The van der Waals surface area contributed by atoms with E-state index in [9.17, 15) is 4.39 Å². The largest absolute Gasteiger partial charge is 0.370 e. The van der Waals surface area contributed by atoms with Gasteiger partial charge in [-0.05, 0) is 30.7 Å². The van der Waals surface area contributed by atoms with Gasteiger partial charge in [0.2, 0.25) is 0 Å². The number of nitrogens with zero attached hydrogens (tertiary/aromatic N) is 1. The lowest BCUT2D eigenvalue weighted by Crippen LogP contribution is -2.31. The van der Waals surface area contributed by atoms with Gasteiger partial charge in [-0.15, -0.1) is 0 Å². The summed E-state index contributed by atoms with van der Waals surface area (Å²) >= 11 is 0. The Morgan fingerprint density at radius 3 is 2.65 bits per heavy atom. The fraction of sp³-hybridized carbons (Fsp3) is 0.188. The van der Waals surface area contributed by atoms with Crippen LogP contribution in [0.15, 0.2) is 53.5 Å². The summed E-state index contributed by atoms with van der Waals surface area (Å²) in [7, 11) is 0. The Morgan fingerprint density at radius 2 is 1.90 bits per heavy atom. The minimum Gasteiger partial charge on any atom is -0.370 e. The zero-order chi connectivity index (χ0) is 13.8. The van der Waals surface area contributed by atoms with Crippen LogP contribution >= 0.6 is 0 Å². The van der Waals surface area contributed by atoms with Gasteiger partial charge in [0, 0.05) is 18.8 Å². The monoisotopic (exact) mass is 269 g/mol. The molecule has 0 spiro atoms. The molecule has 1 heterocycles. The molecule has 4 heteroatoms. The summed E-state index contributed by atoms with van der Waals surface area (Å²) in [6.07, 6.45) is 0.986. The van der Waals surface area contributed by atoms with Gasteiger partial charge < -0.3 is 10.6 Å². The number of para-hydroxylation sites is 1. The smallest absolute Gasteiger partial charge is 0.136 e. The minimum atomic E-state index is -0.265. The first-order chi connectivity index (χ1) is 9.84. The zero-order valence-corrected chi connectivity index (χ0v) is 11.1. The number of anilines is 2. The third-order valence-electron chi connectivity index (χ3n) is 3.20. The maximum atomic E-state index is 14.2. The van der Waals surface area contributed by atoms with E-state index >= 15 is 0 Å². The first-order valence-electron chi connectivity index (χ1n) is 6.74. The van der Waals surface area contributed by atoms with Crippen molar-refractivity contribution in [3.05, 3.63) is 59.9 Å². The fourth-order valence-corrected chi connectivity index (χ4v) is 2.25. The number of hydrogen-bond donors (Lipinski definition) is 2. The van der Waals surface area contributed by atoms with E-state index in [0.29, 0.717) is 11.4 Å². The molecule has 2 aromatic carbocycles. The third kappa shape index (κ3) is 2.64. The van der Waals surface area contributed by atoms with E-state index in [2.05, 4.69) is 15.6 Å². The van der Waals surface area contributed by atoms with Gasteiger partial charge >= 0.3 is 0 Å². The van der Waals surface area contributed by atoms with E-state index in [0.717, 1.165) is 30.9 Å². The molecule has 2 aromatic rings. The lowest BCUT2D eigenvalue weighted by Gasteiger charge is -2.19. The highest BCUT2D eigenvalue weighted by atomic mass is 19.1. The SMILES string of the molecule is Fc1cccc(Nc2ccccc2)c1C1=NCCCN1. The number of benzene rings is 2.